The van der Waals surface area contributed by atoms with Gasteiger partial charge in [0.2, 0.25) is 0 Å². The second-order valence-corrected chi connectivity index (χ2v) is 4.64. The molecule has 15 heavy (non-hydrogen) atoms. The van der Waals surface area contributed by atoms with Gasteiger partial charge in [-0.05, 0) is 40.5 Å². The fourth-order valence-corrected chi connectivity index (χ4v) is 1.59. The van der Waals surface area contributed by atoms with Gasteiger partial charge < -0.3 is 9.84 Å². The van der Waals surface area contributed by atoms with Crippen LogP contribution in [-0.2, 0) is 4.74 Å². The summed E-state index contributed by atoms with van der Waals surface area (Å²) in [4.78, 5) is 11.1. The van der Waals surface area contributed by atoms with Crippen LogP contribution in [0.5, 0.6) is 0 Å². The maximum atomic E-state index is 11.1. The predicted octanol–water partition coefficient (Wildman–Crippen LogP) is 1.94. The molecule has 1 aliphatic heterocycles. The van der Waals surface area contributed by atoms with Crippen molar-refractivity contribution < 1.29 is 14.6 Å². The van der Waals surface area contributed by atoms with Crippen LogP contribution in [0.3, 0.4) is 0 Å². The zero-order valence-corrected chi connectivity index (χ0v) is 9.76. The predicted molar refractivity (Wildman–Crippen MR) is 57.3 cm³/mol. The SMILES string of the molecule is CC(C)=CCC[C@]1(C)OC(=O)N[C@]1(C)O. The van der Waals surface area contributed by atoms with Gasteiger partial charge in [0.25, 0.3) is 0 Å². The quantitative estimate of drug-likeness (QED) is 0.704. The summed E-state index contributed by atoms with van der Waals surface area (Å²) in [6.07, 6.45) is 2.89. The fraction of sp³-hybridized carbons (Fsp3) is 0.727. The number of cyclic esters (lactones) is 1. The molecule has 1 amide bonds. The maximum absolute atomic E-state index is 11.1. The summed E-state index contributed by atoms with van der Waals surface area (Å²) >= 11 is 0. The molecule has 0 radical (unpaired) electrons. The van der Waals surface area contributed by atoms with Crippen LogP contribution in [0.2, 0.25) is 0 Å². The average Bonchev–Trinajstić information content (AvgIpc) is 2.19. The molecule has 0 saturated carbocycles. The van der Waals surface area contributed by atoms with E-state index in [1.54, 1.807) is 13.8 Å². The molecule has 1 aliphatic rings. The highest BCUT2D eigenvalue weighted by molar-refractivity contribution is 5.71. The Morgan fingerprint density at radius 2 is 2.13 bits per heavy atom. The van der Waals surface area contributed by atoms with Crippen molar-refractivity contribution in [3.05, 3.63) is 11.6 Å². The van der Waals surface area contributed by atoms with E-state index in [4.69, 9.17) is 4.74 Å². The Hall–Kier alpha value is -1.03. The van der Waals surface area contributed by atoms with Crippen molar-refractivity contribution in [1.82, 2.24) is 5.32 Å². The maximum Gasteiger partial charge on any atom is 0.410 e. The van der Waals surface area contributed by atoms with Gasteiger partial charge in [0.05, 0.1) is 0 Å². The average molecular weight is 213 g/mol. The smallest absolute Gasteiger partial charge is 0.410 e. The summed E-state index contributed by atoms with van der Waals surface area (Å²) in [6.45, 7) is 7.32. The third kappa shape index (κ3) is 2.50. The van der Waals surface area contributed by atoms with Gasteiger partial charge in [-0.3, -0.25) is 5.32 Å². The third-order valence-corrected chi connectivity index (χ3v) is 2.87. The molecule has 0 aromatic heterocycles. The van der Waals surface area contributed by atoms with Gasteiger partial charge >= 0.3 is 6.09 Å². The fourth-order valence-electron chi connectivity index (χ4n) is 1.59. The minimum Gasteiger partial charge on any atom is -0.438 e. The number of hydrogen-bond acceptors (Lipinski definition) is 3. The van der Waals surface area contributed by atoms with Crippen LogP contribution in [0.25, 0.3) is 0 Å². The number of ether oxygens (including phenoxy) is 1. The Balaban J connectivity index is 2.66. The van der Waals surface area contributed by atoms with Crippen molar-refractivity contribution >= 4 is 6.09 Å². The van der Waals surface area contributed by atoms with E-state index in [9.17, 15) is 9.90 Å². The molecule has 1 saturated heterocycles. The molecule has 1 heterocycles. The monoisotopic (exact) mass is 213 g/mol. The standard InChI is InChI=1S/C11H19NO3/c1-8(2)6-5-7-10(3)11(4,14)12-9(13)15-10/h6,14H,5,7H2,1-4H3,(H,12,13)/t10-,11+/m0/s1. The molecule has 86 valence electrons. The molecule has 2 atom stereocenters. The van der Waals surface area contributed by atoms with Crippen molar-refractivity contribution in [3.8, 4) is 0 Å². The van der Waals surface area contributed by atoms with Crippen LogP contribution >= 0.6 is 0 Å². The summed E-state index contributed by atoms with van der Waals surface area (Å²) in [5, 5.41) is 12.4. The second-order valence-electron chi connectivity index (χ2n) is 4.64. The van der Waals surface area contributed by atoms with Crippen LogP contribution in [0.1, 0.15) is 40.5 Å². The van der Waals surface area contributed by atoms with Gasteiger partial charge in [0.15, 0.2) is 11.3 Å². The van der Waals surface area contributed by atoms with E-state index in [0.29, 0.717) is 6.42 Å². The molecular formula is C11H19NO3. The Labute approximate surface area is 90.3 Å². The van der Waals surface area contributed by atoms with Crippen molar-refractivity contribution in [2.75, 3.05) is 0 Å². The van der Waals surface area contributed by atoms with Crippen LogP contribution in [-0.4, -0.2) is 22.5 Å². The topological polar surface area (TPSA) is 58.6 Å². The lowest BCUT2D eigenvalue weighted by Crippen LogP contribution is -2.52. The van der Waals surface area contributed by atoms with E-state index >= 15 is 0 Å². The third-order valence-electron chi connectivity index (χ3n) is 2.87. The minimum absolute atomic E-state index is 0.556. The van der Waals surface area contributed by atoms with E-state index in [-0.39, 0.29) is 0 Å². The first-order valence-electron chi connectivity index (χ1n) is 5.14. The number of alkyl carbamates (subject to hydrolysis) is 1. The molecule has 0 aromatic carbocycles. The van der Waals surface area contributed by atoms with E-state index in [1.807, 2.05) is 13.8 Å². The molecule has 0 bridgehead atoms. The highest BCUT2D eigenvalue weighted by atomic mass is 16.6. The first-order chi connectivity index (χ1) is 6.77. The Bertz CT molecular complexity index is 292. The van der Waals surface area contributed by atoms with Crippen LogP contribution in [0, 0.1) is 0 Å². The van der Waals surface area contributed by atoms with E-state index in [0.717, 1.165) is 6.42 Å². The van der Waals surface area contributed by atoms with Gasteiger partial charge in [-0.1, -0.05) is 11.6 Å². The van der Waals surface area contributed by atoms with Crippen molar-refractivity contribution in [1.29, 1.82) is 0 Å². The number of hydrogen-bond donors (Lipinski definition) is 2. The minimum atomic E-state index is -1.29. The van der Waals surface area contributed by atoms with E-state index < -0.39 is 17.4 Å². The Kier molecular flexibility index (Phi) is 3.09. The molecule has 0 aromatic rings. The first-order valence-corrected chi connectivity index (χ1v) is 5.14. The van der Waals surface area contributed by atoms with E-state index in [1.165, 1.54) is 5.57 Å². The molecule has 4 nitrogen and oxygen atoms in total. The summed E-state index contributed by atoms with van der Waals surface area (Å²) in [6, 6.07) is 0. The molecule has 4 heteroatoms. The number of rotatable bonds is 3. The molecule has 2 N–H and O–H groups in total. The van der Waals surface area contributed by atoms with Gasteiger partial charge in [0.1, 0.15) is 0 Å². The van der Waals surface area contributed by atoms with Gasteiger partial charge in [0, 0.05) is 0 Å². The number of nitrogens with one attached hydrogen (secondary N) is 1. The van der Waals surface area contributed by atoms with Gasteiger partial charge in [-0.2, -0.15) is 0 Å². The number of allylic oxidation sites excluding steroid dienone is 2. The van der Waals surface area contributed by atoms with Crippen molar-refractivity contribution in [3.63, 3.8) is 0 Å². The highest BCUT2D eigenvalue weighted by Gasteiger charge is 2.53. The second kappa shape index (κ2) is 3.85. The zero-order valence-electron chi connectivity index (χ0n) is 9.76. The highest BCUT2D eigenvalue weighted by Crippen LogP contribution is 2.34. The Morgan fingerprint density at radius 3 is 2.53 bits per heavy atom. The van der Waals surface area contributed by atoms with Crippen LogP contribution < -0.4 is 5.32 Å². The molecule has 1 rings (SSSR count). The number of carbonyl (C=O) groups is 1. The van der Waals surface area contributed by atoms with Gasteiger partial charge in [-0.15, -0.1) is 0 Å². The Morgan fingerprint density at radius 1 is 1.53 bits per heavy atom. The first kappa shape index (κ1) is 12.0. The molecule has 0 aliphatic carbocycles. The lowest BCUT2D eigenvalue weighted by atomic mass is 9.89. The molecule has 0 unspecified atom stereocenters. The largest absolute Gasteiger partial charge is 0.438 e. The lowest BCUT2D eigenvalue weighted by Gasteiger charge is -2.32. The van der Waals surface area contributed by atoms with Crippen LogP contribution in [0.4, 0.5) is 4.79 Å². The molecule has 1 fully saturated rings. The molecular weight excluding hydrogens is 194 g/mol. The van der Waals surface area contributed by atoms with Crippen molar-refractivity contribution in [2.24, 2.45) is 0 Å². The number of carbonyl (C=O) groups excluding carboxylic acids is 1. The summed E-state index contributed by atoms with van der Waals surface area (Å²) in [5.74, 6) is 0. The lowest BCUT2D eigenvalue weighted by molar-refractivity contribution is -0.0973. The van der Waals surface area contributed by atoms with Gasteiger partial charge in [-0.25, -0.2) is 4.79 Å². The van der Waals surface area contributed by atoms with Crippen molar-refractivity contribution in [2.45, 2.75) is 51.9 Å². The van der Waals surface area contributed by atoms with E-state index in [2.05, 4.69) is 11.4 Å². The number of aliphatic hydroxyl groups is 1. The normalized spacial score (nSPS) is 34.6. The van der Waals surface area contributed by atoms with Crippen LogP contribution in [0.15, 0.2) is 11.6 Å². The summed E-state index contributed by atoms with van der Waals surface area (Å²) in [7, 11) is 0. The summed E-state index contributed by atoms with van der Waals surface area (Å²) < 4.78 is 5.12. The zero-order chi connectivity index (χ0) is 11.7. The number of amides is 1. The summed E-state index contributed by atoms with van der Waals surface area (Å²) in [5.41, 5.74) is -0.925. The molecule has 0 spiro atoms.